The van der Waals surface area contributed by atoms with Crippen molar-refractivity contribution in [2.45, 2.75) is 19.0 Å². The molecule has 0 aliphatic carbocycles. The van der Waals surface area contributed by atoms with Crippen LogP contribution >= 0.6 is 0 Å². The Hall–Kier alpha value is -1.67. The molecule has 0 rings (SSSR count). The predicted molar refractivity (Wildman–Crippen MR) is 43.4 cm³/mol. The molecule has 0 bridgehead atoms. The second kappa shape index (κ2) is 5.11. The van der Waals surface area contributed by atoms with E-state index >= 15 is 0 Å². The van der Waals surface area contributed by atoms with E-state index < -0.39 is 29.4 Å². The lowest BCUT2D eigenvalue weighted by Crippen LogP contribution is -2.45. The molecular weight excluding hydrogens is 255 g/mol. The van der Waals surface area contributed by atoms with Gasteiger partial charge in [-0.05, 0) is 6.92 Å². The molecule has 0 radical (unpaired) electrons. The van der Waals surface area contributed by atoms with Crippen molar-refractivity contribution >= 4 is 11.8 Å². The number of carboxylic acid groups (broad SMARTS) is 1. The van der Waals surface area contributed by atoms with Crippen molar-refractivity contribution in [3.05, 3.63) is 11.8 Å². The number of aliphatic carboxylic acids is 1. The van der Waals surface area contributed by atoms with E-state index in [0.717, 1.165) is 0 Å². The van der Waals surface area contributed by atoms with E-state index in [1.165, 1.54) is 6.92 Å². The maximum atomic E-state index is 12.5. The molecule has 98 valence electrons. The lowest BCUT2D eigenvalue weighted by molar-refractivity contribution is -0.266. The summed E-state index contributed by atoms with van der Waals surface area (Å²) < 4.78 is 64.7. The predicted octanol–water partition coefficient (Wildman–Crippen LogP) is 1.76. The Kier molecular flexibility index (Phi) is 4.60. The Balaban J connectivity index is 5.32. The molecule has 0 amide bonds. The van der Waals surface area contributed by atoms with Gasteiger partial charge in [-0.1, -0.05) is 0 Å². The van der Waals surface area contributed by atoms with Crippen LogP contribution in [0.4, 0.5) is 22.0 Å². The molecule has 0 aliphatic heterocycles. The molecule has 0 atom stereocenters. The molecule has 0 unspecified atom stereocenters. The van der Waals surface area contributed by atoms with Crippen LogP contribution in [0.5, 0.6) is 0 Å². The third-order valence-electron chi connectivity index (χ3n) is 1.48. The minimum atomic E-state index is -6.16. The van der Waals surface area contributed by atoms with Crippen LogP contribution in [0.3, 0.4) is 0 Å². The van der Waals surface area contributed by atoms with Crippen LogP contribution in [0, 0.1) is 0 Å². The maximum Gasteiger partial charge on any atom is 0.461 e. The van der Waals surface area contributed by atoms with Crippen molar-refractivity contribution in [2.24, 2.45) is 0 Å². The Labute approximate surface area is 91.7 Å². The molecule has 17 heavy (non-hydrogen) atoms. The smallest absolute Gasteiger partial charge is 0.461 e. The first-order valence-corrected chi connectivity index (χ1v) is 4.10. The number of ketones is 1. The number of halogens is 5. The van der Waals surface area contributed by atoms with Crippen molar-refractivity contribution < 1.29 is 41.4 Å². The number of carboxylic acids is 1. The van der Waals surface area contributed by atoms with Crippen LogP contribution in [-0.2, 0) is 14.3 Å². The monoisotopic (exact) mass is 262 g/mol. The molecule has 0 heterocycles. The van der Waals surface area contributed by atoms with E-state index in [1.807, 2.05) is 0 Å². The van der Waals surface area contributed by atoms with E-state index in [-0.39, 0.29) is 12.9 Å². The van der Waals surface area contributed by atoms with Gasteiger partial charge < -0.3 is 9.84 Å². The number of hydrogen-bond donors (Lipinski definition) is 1. The van der Waals surface area contributed by atoms with Gasteiger partial charge in [0.25, 0.3) is 5.78 Å². The molecule has 1 N–H and O–H groups in total. The van der Waals surface area contributed by atoms with Crippen molar-refractivity contribution in [3.8, 4) is 0 Å². The normalized spacial score (nSPS) is 13.4. The summed E-state index contributed by atoms with van der Waals surface area (Å²) in [5, 5.41) is 8.33. The first-order chi connectivity index (χ1) is 7.55. The van der Waals surface area contributed by atoms with Crippen LogP contribution in [0.15, 0.2) is 11.8 Å². The van der Waals surface area contributed by atoms with Crippen molar-refractivity contribution in [2.75, 3.05) is 6.61 Å². The molecule has 9 heteroatoms. The van der Waals surface area contributed by atoms with E-state index in [2.05, 4.69) is 4.74 Å². The van der Waals surface area contributed by atoms with E-state index in [4.69, 9.17) is 5.11 Å². The second-order valence-electron chi connectivity index (χ2n) is 2.69. The summed E-state index contributed by atoms with van der Waals surface area (Å²) in [6.07, 6.45) is -6.10. The Bertz CT molecular complexity index is 344. The van der Waals surface area contributed by atoms with Gasteiger partial charge in [-0.3, -0.25) is 4.79 Å². The molecule has 0 aromatic carbocycles. The highest BCUT2D eigenvalue weighted by Gasteiger charge is 2.64. The minimum Gasteiger partial charge on any atom is -0.500 e. The van der Waals surface area contributed by atoms with Gasteiger partial charge in [0, 0.05) is 0 Å². The maximum absolute atomic E-state index is 12.5. The van der Waals surface area contributed by atoms with Gasteiger partial charge in [-0.15, -0.1) is 0 Å². The summed E-state index contributed by atoms with van der Waals surface area (Å²) in [6.45, 7) is 1.13. The Morgan fingerprint density at radius 2 is 1.71 bits per heavy atom. The van der Waals surface area contributed by atoms with Crippen LogP contribution in [0.25, 0.3) is 0 Å². The van der Waals surface area contributed by atoms with Crippen LogP contribution in [0.1, 0.15) is 6.92 Å². The molecule has 0 fully saturated rings. The summed E-state index contributed by atoms with van der Waals surface area (Å²) in [6, 6.07) is 0. The van der Waals surface area contributed by atoms with Crippen LogP contribution < -0.4 is 0 Å². The van der Waals surface area contributed by atoms with Gasteiger partial charge in [0.05, 0.1) is 6.61 Å². The SMILES string of the molecule is CCOC=C(C(=O)O)C(=O)C(F)(F)C(F)(F)F. The van der Waals surface area contributed by atoms with Crippen LogP contribution in [0.2, 0.25) is 0 Å². The van der Waals surface area contributed by atoms with Crippen molar-refractivity contribution in [1.82, 2.24) is 0 Å². The number of hydrogen-bond acceptors (Lipinski definition) is 3. The van der Waals surface area contributed by atoms with Gasteiger partial charge in [0.1, 0.15) is 11.8 Å². The third-order valence-corrected chi connectivity index (χ3v) is 1.48. The minimum absolute atomic E-state index is 0.0598. The second-order valence-corrected chi connectivity index (χ2v) is 2.69. The molecule has 0 aromatic rings. The van der Waals surface area contributed by atoms with Gasteiger partial charge in [0.15, 0.2) is 0 Å². The van der Waals surface area contributed by atoms with Gasteiger partial charge >= 0.3 is 18.1 Å². The zero-order valence-electron chi connectivity index (χ0n) is 8.35. The first kappa shape index (κ1) is 15.3. The molecule has 0 saturated carbocycles. The number of rotatable bonds is 5. The number of ether oxygens (including phenoxy) is 1. The average molecular weight is 262 g/mol. The summed E-state index contributed by atoms with van der Waals surface area (Å²) in [4.78, 5) is 21.1. The fourth-order valence-electron chi connectivity index (χ4n) is 0.666. The number of carbonyl (C=O) groups is 2. The van der Waals surface area contributed by atoms with Gasteiger partial charge in [-0.25, -0.2) is 4.79 Å². The molecule has 0 spiro atoms. The third kappa shape index (κ3) is 3.40. The zero-order chi connectivity index (χ0) is 13.9. The quantitative estimate of drug-likeness (QED) is 0.269. The highest BCUT2D eigenvalue weighted by Crippen LogP contribution is 2.37. The topological polar surface area (TPSA) is 63.6 Å². The average Bonchev–Trinajstić information content (AvgIpc) is 2.15. The fraction of sp³-hybridized carbons (Fsp3) is 0.500. The Morgan fingerprint density at radius 3 is 2.00 bits per heavy atom. The highest BCUT2D eigenvalue weighted by atomic mass is 19.4. The molecule has 4 nitrogen and oxygen atoms in total. The van der Waals surface area contributed by atoms with Gasteiger partial charge in [0.2, 0.25) is 0 Å². The zero-order valence-corrected chi connectivity index (χ0v) is 8.35. The first-order valence-electron chi connectivity index (χ1n) is 4.10. The van der Waals surface area contributed by atoms with Crippen LogP contribution in [-0.4, -0.2) is 35.6 Å². The largest absolute Gasteiger partial charge is 0.500 e. The molecular formula is C8H7F5O4. The van der Waals surface area contributed by atoms with Gasteiger partial charge in [-0.2, -0.15) is 22.0 Å². The summed E-state index contributed by atoms with van der Waals surface area (Å²) in [5.41, 5.74) is -1.77. The number of Topliss-reactive ketones (excluding diaryl/α,β-unsaturated/α-hetero) is 1. The molecule has 0 aromatic heterocycles. The van der Waals surface area contributed by atoms with E-state index in [9.17, 15) is 31.5 Å². The summed E-state index contributed by atoms with van der Waals surface area (Å²) in [5.74, 6) is -10.9. The van der Waals surface area contributed by atoms with Crippen molar-refractivity contribution in [1.29, 1.82) is 0 Å². The molecule has 0 aliphatic rings. The standard InChI is InChI=1S/C8H7F5O4/c1-2-17-3-4(6(15)16)5(14)7(9,10)8(11,12)13/h3H,2H2,1H3,(H,15,16). The lowest BCUT2D eigenvalue weighted by Gasteiger charge is -2.17. The summed E-state index contributed by atoms with van der Waals surface area (Å²) in [7, 11) is 0. The highest BCUT2D eigenvalue weighted by molar-refractivity contribution is 6.19. The molecule has 0 saturated heterocycles. The lowest BCUT2D eigenvalue weighted by atomic mass is 10.1. The van der Waals surface area contributed by atoms with E-state index in [1.54, 1.807) is 0 Å². The van der Waals surface area contributed by atoms with Crippen molar-refractivity contribution in [3.63, 3.8) is 0 Å². The number of carbonyl (C=O) groups excluding carboxylic acids is 1. The number of alkyl halides is 5. The Morgan fingerprint density at radius 1 is 1.24 bits per heavy atom. The summed E-state index contributed by atoms with van der Waals surface area (Å²) >= 11 is 0. The van der Waals surface area contributed by atoms with E-state index in [0.29, 0.717) is 0 Å². The fourth-order valence-corrected chi connectivity index (χ4v) is 0.666.